The molecule has 3 rings (SSSR count). The molecule has 2 aromatic rings. The summed E-state index contributed by atoms with van der Waals surface area (Å²) in [6, 6.07) is 11.8. The monoisotopic (exact) mass is 366 g/mol. The highest BCUT2D eigenvalue weighted by molar-refractivity contribution is 5.92. The largest absolute Gasteiger partial charge is 0.383 e. The Morgan fingerprint density at radius 3 is 2.56 bits per heavy atom. The molecule has 1 fully saturated rings. The van der Waals surface area contributed by atoms with Crippen molar-refractivity contribution in [2.45, 2.75) is 32.1 Å². The molecular weight excluding hydrogens is 340 g/mol. The maximum atomic E-state index is 12.4. The summed E-state index contributed by atoms with van der Waals surface area (Å²) in [5.74, 6) is 1.11. The van der Waals surface area contributed by atoms with Crippen molar-refractivity contribution in [3.05, 3.63) is 53.7 Å². The van der Waals surface area contributed by atoms with Gasteiger partial charge in [-0.3, -0.25) is 9.59 Å². The fourth-order valence-corrected chi connectivity index (χ4v) is 3.31. The smallest absolute Gasteiger partial charge is 0.226 e. The Balaban J connectivity index is 1.49. The summed E-state index contributed by atoms with van der Waals surface area (Å²) >= 11 is 0. The number of pyridine rings is 1. The highest BCUT2D eigenvalue weighted by Gasteiger charge is 2.31. The Morgan fingerprint density at radius 1 is 1.22 bits per heavy atom. The predicted molar refractivity (Wildman–Crippen MR) is 106 cm³/mol. The van der Waals surface area contributed by atoms with E-state index in [4.69, 9.17) is 5.73 Å². The van der Waals surface area contributed by atoms with Gasteiger partial charge >= 0.3 is 0 Å². The lowest BCUT2D eigenvalue weighted by molar-refractivity contribution is -0.135. The second-order valence-corrected chi connectivity index (χ2v) is 6.94. The zero-order valence-electron chi connectivity index (χ0n) is 15.9. The molecule has 2 heterocycles. The molecule has 2 N–H and O–H groups in total. The minimum absolute atomic E-state index is 0.0948. The average molecular weight is 366 g/mol. The Bertz CT molecular complexity index is 813. The van der Waals surface area contributed by atoms with Gasteiger partial charge in [-0.05, 0) is 35.7 Å². The second-order valence-electron chi connectivity index (χ2n) is 6.94. The number of carbonyl (C=O) groups excluding carboxylic acids is 2. The van der Waals surface area contributed by atoms with Crippen molar-refractivity contribution >= 4 is 23.3 Å². The zero-order chi connectivity index (χ0) is 19.4. The van der Waals surface area contributed by atoms with Crippen LogP contribution in [0.2, 0.25) is 0 Å². The zero-order valence-corrected chi connectivity index (χ0v) is 15.9. The van der Waals surface area contributed by atoms with E-state index in [1.54, 1.807) is 18.1 Å². The molecule has 0 atom stereocenters. The molecule has 1 saturated heterocycles. The van der Waals surface area contributed by atoms with Crippen LogP contribution in [0.1, 0.15) is 36.8 Å². The number of nitrogens with two attached hydrogens (primary N) is 1. The molecule has 0 spiro atoms. The number of benzene rings is 1. The van der Waals surface area contributed by atoms with E-state index in [1.807, 2.05) is 36.1 Å². The summed E-state index contributed by atoms with van der Waals surface area (Å²) in [6.45, 7) is 3.34. The van der Waals surface area contributed by atoms with Gasteiger partial charge in [0.15, 0.2) is 0 Å². The van der Waals surface area contributed by atoms with Crippen LogP contribution in [-0.2, 0) is 16.0 Å². The van der Waals surface area contributed by atoms with Crippen LogP contribution in [0.4, 0.5) is 11.5 Å². The predicted octanol–water partition coefficient (Wildman–Crippen LogP) is 2.60. The number of rotatable bonds is 6. The number of nitrogens with zero attached hydrogens (tertiary/aromatic N) is 3. The Labute approximate surface area is 160 Å². The van der Waals surface area contributed by atoms with Gasteiger partial charge < -0.3 is 15.5 Å². The highest BCUT2D eigenvalue weighted by Crippen LogP contribution is 2.29. The normalized spacial score (nSPS) is 13.9. The Morgan fingerprint density at radius 2 is 1.93 bits per heavy atom. The lowest BCUT2D eigenvalue weighted by atomic mass is 9.90. The molecule has 0 saturated carbocycles. The molecule has 1 aliphatic heterocycles. The Hall–Kier alpha value is -2.89. The molecule has 142 valence electrons. The summed E-state index contributed by atoms with van der Waals surface area (Å²) in [5.41, 5.74) is 8.85. The first-order valence-electron chi connectivity index (χ1n) is 9.33. The number of carbonyl (C=O) groups is 2. The van der Waals surface area contributed by atoms with Crippen molar-refractivity contribution < 1.29 is 9.59 Å². The second kappa shape index (κ2) is 8.20. The van der Waals surface area contributed by atoms with Gasteiger partial charge in [0.05, 0.1) is 0 Å². The van der Waals surface area contributed by atoms with Crippen LogP contribution in [-0.4, -0.2) is 41.8 Å². The van der Waals surface area contributed by atoms with Gasteiger partial charge in [-0.2, -0.15) is 0 Å². The minimum atomic E-state index is 0.0948. The van der Waals surface area contributed by atoms with Crippen LogP contribution in [0.25, 0.3) is 0 Å². The first kappa shape index (κ1) is 18.9. The van der Waals surface area contributed by atoms with Crippen LogP contribution in [0.3, 0.4) is 0 Å². The summed E-state index contributed by atoms with van der Waals surface area (Å²) < 4.78 is 0. The molecular formula is C21H26N4O2. The van der Waals surface area contributed by atoms with Crippen molar-refractivity contribution in [3.63, 3.8) is 0 Å². The van der Waals surface area contributed by atoms with Crippen molar-refractivity contribution in [2.24, 2.45) is 0 Å². The van der Waals surface area contributed by atoms with Crippen LogP contribution in [0.15, 0.2) is 42.6 Å². The van der Waals surface area contributed by atoms with E-state index in [1.165, 1.54) is 5.56 Å². The third kappa shape index (κ3) is 4.27. The van der Waals surface area contributed by atoms with Crippen molar-refractivity contribution in [1.29, 1.82) is 0 Å². The number of hydrogen-bond donors (Lipinski definition) is 1. The Kier molecular flexibility index (Phi) is 5.74. The van der Waals surface area contributed by atoms with E-state index in [0.717, 1.165) is 24.3 Å². The molecule has 1 aromatic carbocycles. The number of aromatic nitrogens is 1. The molecule has 0 unspecified atom stereocenters. The van der Waals surface area contributed by atoms with E-state index in [9.17, 15) is 9.59 Å². The maximum absolute atomic E-state index is 12.4. The molecule has 27 heavy (non-hydrogen) atoms. The minimum Gasteiger partial charge on any atom is -0.383 e. The summed E-state index contributed by atoms with van der Waals surface area (Å²) in [7, 11) is 1.79. The maximum Gasteiger partial charge on any atom is 0.226 e. The van der Waals surface area contributed by atoms with E-state index < -0.39 is 0 Å². The summed E-state index contributed by atoms with van der Waals surface area (Å²) in [6.07, 6.45) is 3.21. The third-order valence-corrected chi connectivity index (χ3v) is 5.20. The van der Waals surface area contributed by atoms with Gasteiger partial charge in [0.2, 0.25) is 11.8 Å². The molecule has 6 nitrogen and oxygen atoms in total. The average Bonchev–Trinajstić information content (AvgIpc) is 2.65. The number of anilines is 2. The molecule has 1 aliphatic rings. The number of likely N-dealkylation sites (tertiary alicyclic amines) is 1. The van der Waals surface area contributed by atoms with Gasteiger partial charge in [0.1, 0.15) is 5.82 Å². The molecule has 0 bridgehead atoms. The molecule has 6 heteroatoms. The van der Waals surface area contributed by atoms with Gasteiger partial charge in [-0.15, -0.1) is 0 Å². The number of aryl methyl sites for hydroxylation is 1. The van der Waals surface area contributed by atoms with E-state index in [0.29, 0.717) is 31.0 Å². The lowest BCUT2D eigenvalue weighted by Gasteiger charge is -2.40. The lowest BCUT2D eigenvalue weighted by Crippen LogP contribution is -2.48. The van der Waals surface area contributed by atoms with Crippen LogP contribution >= 0.6 is 0 Å². The standard InChI is InChI=1S/C21H26N4O2/c1-3-19(26)24(2)18-9-6-15(7-10-18)17-13-25(14-17)20(27)11-8-16-5-4-12-23-21(16)22/h4-7,9-10,12,17H,3,8,11,13-14H2,1-2H3,(H2,22,23). The summed E-state index contributed by atoms with van der Waals surface area (Å²) in [4.78, 5) is 31.7. The van der Waals surface area contributed by atoms with Crippen LogP contribution < -0.4 is 10.6 Å². The quantitative estimate of drug-likeness (QED) is 0.852. The molecule has 0 radical (unpaired) electrons. The molecule has 0 aliphatic carbocycles. The van der Waals surface area contributed by atoms with Crippen LogP contribution in [0.5, 0.6) is 0 Å². The molecule has 1 aromatic heterocycles. The molecule has 2 amide bonds. The van der Waals surface area contributed by atoms with Crippen LogP contribution in [0, 0.1) is 0 Å². The number of amides is 2. The third-order valence-electron chi connectivity index (χ3n) is 5.20. The van der Waals surface area contributed by atoms with E-state index in [-0.39, 0.29) is 11.8 Å². The highest BCUT2D eigenvalue weighted by atomic mass is 16.2. The van der Waals surface area contributed by atoms with Gasteiger partial charge in [0.25, 0.3) is 0 Å². The fourth-order valence-electron chi connectivity index (χ4n) is 3.31. The first-order chi connectivity index (χ1) is 13.0. The van der Waals surface area contributed by atoms with E-state index in [2.05, 4.69) is 17.1 Å². The SMILES string of the molecule is CCC(=O)N(C)c1ccc(C2CN(C(=O)CCc3cccnc3N)C2)cc1. The van der Waals surface area contributed by atoms with Gasteiger partial charge in [0, 0.05) is 50.8 Å². The van der Waals surface area contributed by atoms with E-state index >= 15 is 0 Å². The number of hydrogen-bond acceptors (Lipinski definition) is 4. The summed E-state index contributed by atoms with van der Waals surface area (Å²) in [5, 5.41) is 0. The van der Waals surface area contributed by atoms with Gasteiger partial charge in [-0.25, -0.2) is 4.98 Å². The first-order valence-corrected chi connectivity index (χ1v) is 9.33. The van der Waals surface area contributed by atoms with Gasteiger partial charge in [-0.1, -0.05) is 25.1 Å². The number of nitrogen functional groups attached to an aromatic ring is 1. The van der Waals surface area contributed by atoms with Crippen molar-refractivity contribution in [1.82, 2.24) is 9.88 Å². The fraction of sp³-hybridized carbons (Fsp3) is 0.381. The topological polar surface area (TPSA) is 79.5 Å². The van der Waals surface area contributed by atoms with Crippen molar-refractivity contribution in [3.8, 4) is 0 Å². The van der Waals surface area contributed by atoms with Crippen molar-refractivity contribution in [2.75, 3.05) is 30.8 Å².